The average molecular weight is 224 g/mol. The van der Waals surface area contributed by atoms with E-state index in [1.165, 1.54) is 0 Å². The summed E-state index contributed by atoms with van der Waals surface area (Å²) >= 11 is 0. The normalized spacial score (nSPS) is 11.5. The molecule has 0 atom stereocenters. The van der Waals surface area contributed by atoms with Gasteiger partial charge in [0.2, 0.25) is 0 Å². The zero-order valence-electron chi connectivity index (χ0n) is 9.08. The van der Waals surface area contributed by atoms with Crippen molar-refractivity contribution in [2.75, 3.05) is 7.05 Å². The van der Waals surface area contributed by atoms with Gasteiger partial charge in [0, 0.05) is 12.7 Å². The minimum atomic E-state index is -2.32. The Hall–Kier alpha value is -1.42. The molecular formula is C12H14F2N2. The smallest absolute Gasteiger partial charge is 0.256 e. The third kappa shape index (κ3) is 2.07. The summed E-state index contributed by atoms with van der Waals surface area (Å²) in [5.74, 6) is 0. The van der Waals surface area contributed by atoms with Crippen LogP contribution in [0.1, 0.15) is 5.56 Å². The average Bonchev–Trinajstić information content (AvgIpc) is 2.62. The van der Waals surface area contributed by atoms with E-state index in [0.717, 1.165) is 16.5 Å². The van der Waals surface area contributed by atoms with Crippen LogP contribution in [0, 0.1) is 0 Å². The lowest BCUT2D eigenvalue weighted by atomic mass is 10.1. The highest BCUT2D eigenvalue weighted by molar-refractivity contribution is 5.83. The molecule has 2 aromatic rings. The number of hydrogen-bond donors (Lipinski definition) is 1. The molecule has 0 bridgehead atoms. The van der Waals surface area contributed by atoms with Gasteiger partial charge in [-0.05, 0) is 24.1 Å². The van der Waals surface area contributed by atoms with Crippen LogP contribution < -0.4 is 5.32 Å². The first-order valence-corrected chi connectivity index (χ1v) is 5.22. The van der Waals surface area contributed by atoms with Crippen LogP contribution in [0.25, 0.3) is 10.9 Å². The van der Waals surface area contributed by atoms with Gasteiger partial charge >= 0.3 is 0 Å². The molecule has 86 valence electrons. The molecular weight excluding hydrogens is 210 g/mol. The summed E-state index contributed by atoms with van der Waals surface area (Å²) in [5, 5.41) is 4.05. The molecule has 0 unspecified atom stereocenters. The van der Waals surface area contributed by atoms with Crippen molar-refractivity contribution in [2.45, 2.75) is 19.5 Å². The summed E-state index contributed by atoms with van der Waals surface area (Å²) in [5.41, 5.74) is 1.95. The number of rotatable bonds is 4. The molecule has 2 rings (SSSR count). The summed E-state index contributed by atoms with van der Waals surface area (Å²) in [6.07, 6.45) is -0.603. The summed E-state index contributed by atoms with van der Waals surface area (Å²) in [6.45, 7) is 0.439. The molecule has 0 aliphatic carbocycles. The second-order valence-corrected chi connectivity index (χ2v) is 3.74. The number of fused-ring (bicyclic) bond motifs is 1. The van der Waals surface area contributed by atoms with Crippen LogP contribution in [0.3, 0.4) is 0 Å². The fraction of sp³-hybridized carbons (Fsp3) is 0.333. The van der Waals surface area contributed by atoms with Crippen LogP contribution >= 0.6 is 0 Å². The lowest BCUT2D eigenvalue weighted by molar-refractivity contribution is 0.128. The van der Waals surface area contributed by atoms with Crippen LogP contribution in [-0.4, -0.2) is 18.0 Å². The maximum Gasteiger partial charge on any atom is 0.256 e. The Morgan fingerprint density at radius 1 is 1.31 bits per heavy atom. The predicted octanol–water partition coefficient (Wildman–Crippen LogP) is 2.63. The molecule has 1 heterocycles. The zero-order valence-corrected chi connectivity index (χ0v) is 9.08. The molecule has 0 radical (unpaired) electrons. The highest BCUT2D eigenvalue weighted by Crippen LogP contribution is 2.21. The SMILES string of the molecule is CNCc1cccc2ccn(CC(F)F)c12. The topological polar surface area (TPSA) is 17.0 Å². The number of para-hydroxylation sites is 1. The third-order valence-electron chi connectivity index (χ3n) is 2.57. The highest BCUT2D eigenvalue weighted by Gasteiger charge is 2.09. The highest BCUT2D eigenvalue weighted by atomic mass is 19.3. The molecule has 2 nitrogen and oxygen atoms in total. The van der Waals surface area contributed by atoms with Gasteiger partial charge in [0.15, 0.2) is 0 Å². The number of alkyl halides is 2. The van der Waals surface area contributed by atoms with Gasteiger partial charge in [-0.2, -0.15) is 0 Å². The van der Waals surface area contributed by atoms with Crippen molar-refractivity contribution in [3.8, 4) is 0 Å². The van der Waals surface area contributed by atoms with Gasteiger partial charge in [-0.25, -0.2) is 8.78 Å². The molecule has 1 aromatic carbocycles. The largest absolute Gasteiger partial charge is 0.341 e. The third-order valence-corrected chi connectivity index (χ3v) is 2.57. The van der Waals surface area contributed by atoms with Gasteiger partial charge in [0.25, 0.3) is 6.43 Å². The van der Waals surface area contributed by atoms with Crippen molar-refractivity contribution in [2.24, 2.45) is 0 Å². The number of halogens is 2. The number of nitrogens with zero attached hydrogens (tertiary/aromatic N) is 1. The van der Waals surface area contributed by atoms with Crippen LogP contribution in [0.5, 0.6) is 0 Å². The van der Waals surface area contributed by atoms with E-state index in [4.69, 9.17) is 0 Å². The lowest BCUT2D eigenvalue weighted by Crippen LogP contribution is -2.10. The molecule has 16 heavy (non-hydrogen) atoms. The van der Waals surface area contributed by atoms with Gasteiger partial charge in [-0.3, -0.25) is 0 Å². The summed E-state index contributed by atoms with van der Waals surface area (Å²) < 4.78 is 26.4. The number of benzene rings is 1. The molecule has 0 amide bonds. The van der Waals surface area contributed by atoms with Crippen LogP contribution in [0.15, 0.2) is 30.5 Å². The first kappa shape index (κ1) is 11.1. The Morgan fingerprint density at radius 3 is 2.81 bits per heavy atom. The van der Waals surface area contributed by atoms with Crippen LogP contribution in [0.4, 0.5) is 8.78 Å². The number of hydrogen-bond acceptors (Lipinski definition) is 1. The Morgan fingerprint density at radius 2 is 2.12 bits per heavy atom. The van der Waals surface area contributed by atoms with Crippen molar-refractivity contribution in [3.63, 3.8) is 0 Å². The molecule has 1 N–H and O–H groups in total. The van der Waals surface area contributed by atoms with Crippen molar-refractivity contribution in [1.82, 2.24) is 9.88 Å². The lowest BCUT2D eigenvalue weighted by Gasteiger charge is -2.09. The molecule has 0 aliphatic heterocycles. The fourth-order valence-corrected chi connectivity index (χ4v) is 1.97. The maximum absolute atomic E-state index is 12.4. The van der Waals surface area contributed by atoms with Gasteiger partial charge < -0.3 is 9.88 Å². The van der Waals surface area contributed by atoms with Crippen molar-refractivity contribution in [3.05, 3.63) is 36.0 Å². The summed E-state index contributed by atoms with van der Waals surface area (Å²) in [7, 11) is 1.85. The first-order valence-electron chi connectivity index (χ1n) is 5.22. The van der Waals surface area contributed by atoms with E-state index < -0.39 is 6.43 Å². The number of aromatic nitrogens is 1. The van der Waals surface area contributed by atoms with Crippen LogP contribution in [-0.2, 0) is 13.1 Å². The predicted molar refractivity (Wildman–Crippen MR) is 60.7 cm³/mol. The van der Waals surface area contributed by atoms with E-state index in [1.807, 2.05) is 31.3 Å². The van der Waals surface area contributed by atoms with Gasteiger partial charge in [-0.1, -0.05) is 18.2 Å². The minimum absolute atomic E-state index is 0.246. The van der Waals surface area contributed by atoms with E-state index in [2.05, 4.69) is 5.32 Å². The quantitative estimate of drug-likeness (QED) is 0.844. The zero-order chi connectivity index (χ0) is 11.5. The first-order chi connectivity index (χ1) is 7.72. The Kier molecular flexibility index (Phi) is 3.19. The fourth-order valence-electron chi connectivity index (χ4n) is 1.97. The summed E-state index contributed by atoms with van der Waals surface area (Å²) in [4.78, 5) is 0. The van der Waals surface area contributed by atoms with E-state index >= 15 is 0 Å². The Balaban J connectivity index is 2.49. The Bertz CT molecular complexity index is 477. The summed E-state index contributed by atoms with van der Waals surface area (Å²) in [6, 6.07) is 7.72. The molecule has 4 heteroatoms. The monoisotopic (exact) mass is 224 g/mol. The Labute approximate surface area is 92.9 Å². The molecule has 1 aromatic heterocycles. The van der Waals surface area contributed by atoms with E-state index in [-0.39, 0.29) is 6.54 Å². The van der Waals surface area contributed by atoms with Crippen molar-refractivity contribution in [1.29, 1.82) is 0 Å². The maximum atomic E-state index is 12.4. The van der Waals surface area contributed by atoms with E-state index in [0.29, 0.717) is 6.54 Å². The van der Waals surface area contributed by atoms with E-state index in [9.17, 15) is 8.78 Å². The van der Waals surface area contributed by atoms with E-state index in [1.54, 1.807) is 10.8 Å². The van der Waals surface area contributed by atoms with Gasteiger partial charge in [0.05, 0.1) is 12.1 Å². The van der Waals surface area contributed by atoms with Gasteiger partial charge in [-0.15, -0.1) is 0 Å². The number of nitrogens with one attached hydrogen (secondary N) is 1. The second-order valence-electron chi connectivity index (χ2n) is 3.74. The standard InChI is InChI=1S/C12H14F2N2/c1-15-7-10-4-2-3-9-5-6-16(12(9)10)8-11(13)14/h2-6,11,15H,7-8H2,1H3. The van der Waals surface area contributed by atoms with Crippen LogP contribution in [0.2, 0.25) is 0 Å². The second kappa shape index (κ2) is 4.61. The molecule has 0 spiro atoms. The van der Waals surface area contributed by atoms with Gasteiger partial charge in [0.1, 0.15) is 0 Å². The minimum Gasteiger partial charge on any atom is -0.341 e. The molecule has 0 saturated carbocycles. The molecule has 0 fully saturated rings. The van der Waals surface area contributed by atoms with Crippen molar-refractivity contribution >= 4 is 10.9 Å². The molecule has 0 saturated heterocycles. The van der Waals surface area contributed by atoms with Crippen molar-refractivity contribution < 1.29 is 8.78 Å². The molecule has 0 aliphatic rings.